The number of halogens is 1. The van der Waals surface area contributed by atoms with Crippen molar-refractivity contribution < 1.29 is 9.59 Å². The van der Waals surface area contributed by atoms with Crippen LogP contribution in [-0.4, -0.2) is 21.5 Å². The van der Waals surface area contributed by atoms with Crippen LogP contribution in [0.2, 0.25) is 5.02 Å². The van der Waals surface area contributed by atoms with E-state index in [1.165, 1.54) is 6.20 Å². The highest BCUT2D eigenvalue weighted by Crippen LogP contribution is 2.24. The summed E-state index contributed by atoms with van der Waals surface area (Å²) in [6.45, 7) is 1.81. The molecule has 1 heterocycles. The minimum atomic E-state index is -0.324. The molecule has 5 nitrogen and oxygen atoms in total. The first-order chi connectivity index (χ1) is 12.0. The van der Waals surface area contributed by atoms with Crippen LogP contribution in [0.3, 0.4) is 0 Å². The average molecular weight is 354 g/mol. The van der Waals surface area contributed by atoms with Gasteiger partial charge in [-0.1, -0.05) is 41.9 Å². The third-order valence-corrected chi connectivity index (χ3v) is 4.23. The average Bonchev–Trinajstić information content (AvgIpc) is 2.96. The van der Waals surface area contributed by atoms with Gasteiger partial charge in [0.1, 0.15) is 0 Å². The van der Waals surface area contributed by atoms with Crippen LogP contribution >= 0.6 is 11.6 Å². The van der Waals surface area contributed by atoms with E-state index >= 15 is 0 Å². The number of benzene rings is 2. The van der Waals surface area contributed by atoms with Gasteiger partial charge in [0.2, 0.25) is 0 Å². The van der Waals surface area contributed by atoms with Gasteiger partial charge in [0.25, 0.3) is 5.91 Å². The third-order valence-electron chi connectivity index (χ3n) is 3.99. The topological polar surface area (TPSA) is 64.0 Å². The Morgan fingerprint density at radius 2 is 1.80 bits per heavy atom. The number of carbonyl (C=O) groups is 2. The summed E-state index contributed by atoms with van der Waals surface area (Å²) in [5, 5.41) is 7.28. The van der Waals surface area contributed by atoms with Crippen LogP contribution in [0.5, 0.6) is 0 Å². The van der Waals surface area contributed by atoms with E-state index in [9.17, 15) is 9.59 Å². The smallest absolute Gasteiger partial charge is 0.259 e. The Kier molecular flexibility index (Phi) is 4.67. The maximum Gasteiger partial charge on any atom is 0.259 e. The highest BCUT2D eigenvalue weighted by atomic mass is 35.5. The summed E-state index contributed by atoms with van der Waals surface area (Å²) in [6.07, 6.45) is 1.50. The van der Waals surface area contributed by atoms with Gasteiger partial charge in [-0.25, -0.2) is 0 Å². The molecule has 25 heavy (non-hydrogen) atoms. The number of carbonyl (C=O) groups excluding carboxylic acids is 2. The molecule has 0 saturated heterocycles. The van der Waals surface area contributed by atoms with Gasteiger partial charge in [0.05, 0.1) is 17.4 Å². The van der Waals surface area contributed by atoms with Gasteiger partial charge in [0, 0.05) is 28.9 Å². The minimum Gasteiger partial charge on any atom is -0.321 e. The molecule has 1 amide bonds. The lowest BCUT2D eigenvalue weighted by molar-refractivity contribution is 0.102. The number of anilines is 1. The van der Waals surface area contributed by atoms with E-state index in [0.717, 1.165) is 5.69 Å². The van der Waals surface area contributed by atoms with E-state index in [0.29, 0.717) is 27.4 Å². The van der Waals surface area contributed by atoms with Crippen LogP contribution in [0.25, 0.3) is 0 Å². The van der Waals surface area contributed by atoms with Gasteiger partial charge in [-0.3, -0.25) is 14.3 Å². The predicted octanol–water partition coefficient (Wildman–Crippen LogP) is 3.87. The van der Waals surface area contributed by atoms with Crippen molar-refractivity contribution in [3.8, 4) is 0 Å². The maximum absolute atomic E-state index is 12.8. The second-order valence-corrected chi connectivity index (χ2v) is 6.04. The molecule has 0 aliphatic carbocycles. The molecule has 1 N–H and O–H groups in total. The first-order valence-corrected chi connectivity index (χ1v) is 8.04. The number of ketones is 1. The molecular weight excluding hydrogens is 338 g/mol. The first kappa shape index (κ1) is 16.9. The van der Waals surface area contributed by atoms with Crippen LogP contribution in [0, 0.1) is 6.92 Å². The molecule has 0 aliphatic heterocycles. The number of hydrogen-bond donors (Lipinski definition) is 1. The van der Waals surface area contributed by atoms with Gasteiger partial charge in [-0.05, 0) is 25.1 Å². The molecule has 126 valence electrons. The second kappa shape index (κ2) is 6.91. The Hall–Kier alpha value is -2.92. The SMILES string of the molecule is Cc1c(C(=O)Nc2ccc(Cl)cc2C(=O)c2ccccc2)cnn1C. The number of rotatable bonds is 4. The molecule has 3 aromatic rings. The van der Waals surface area contributed by atoms with Crippen molar-refractivity contribution in [1.82, 2.24) is 9.78 Å². The van der Waals surface area contributed by atoms with Gasteiger partial charge < -0.3 is 5.32 Å². The fourth-order valence-corrected chi connectivity index (χ4v) is 2.64. The van der Waals surface area contributed by atoms with Crippen LogP contribution in [0.15, 0.2) is 54.7 Å². The highest BCUT2D eigenvalue weighted by Gasteiger charge is 2.18. The van der Waals surface area contributed by atoms with Crippen LogP contribution < -0.4 is 5.32 Å². The molecule has 1 aromatic heterocycles. The zero-order chi connectivity index (χ0) is 18.0. The molecule has 0 fully saturated rings. The number of aryl methyl sites for hydroxylation is 1. The lowest BCUT2D eigenvalue weighted by Crippen LogP contribution is -2.16. The van der Waals surface area contributed by atoms with Gasteiger partial charge in [-0.2, -0.15) is 5.10 Å². The molecule has 0 saturated carbocycles. The van der Waals surface area contributed by atoms with Crippen molar-refractivity contribution in [1.29, 1.82) is 0 Å². The molecule has 0 bridgehead atoms. The first-order valence-electron chi connectivity index (χ1n) is 7.66. The van der Waals surface area contributed by atoms with Crippen molar-refractivity contribution in [2.45, 2.75) is 6.92 Å². The molecular formula is C19H16ClN3O2. The van der Waals surface area contributed by atoms with Crippen LogP contribution in [0.4, 0.5) is 5.69 Å². The fraction of sp³-hybridized carbons (Fsp3) is 0.105. The Morgan fingerprint density at radius 1 is 1.08 bits per heavy atom. The van der Waals surface area contributed by atoms with E-state index in [1.807, 2.05) is 6.07 Å². The summed E-state index contributed by atoms with van der Waals surface area (Å²) in [5.41, 5.74) is 2.47. The second-order valence-electron chi connectivity index (χ2n) is 5.61. The quantitative estimate of drug-likeness (QED) is 0.724. The minimum absolute atomic E-state index is 0.207. The number of amides is 1. The molecule has 2 aromatic carbocycles. The van der Waals surface area contributed by atoms with Crippen molar-refractivity contribution in [2.24, 2.45) is 7.05 Å². The zero-order valence-electron chi connectivity index (χ0n) is 13.8. The van der Waals surface area contributed by atoms with Crippen LogP contribution in [0.1, 0.15) is 32.0 Å². The van der Waals surface area contributed by atoms with Crippen molar-refractivity contribution >= 4 is 29.0 Å². The van der Waals surface area contributed by atoms with E-state index in [4.69, 9.17) is 11.6 Å². The molecule has 3 rings (SSSR count). The normalized spacial score (nSPS) is 10.5. The van der Waals surface area contributed by atoms with E-state index in [-0.39, 0.29) is 11.7 Å². The van der Waals surface area contributed by atoms with Crippen molar-refractivity contribution in [2.75, 3.05) is 5.32 Å². The predicted molar refractivity (Wildman–Crippen MR) is 97.2 cm³/mol. The Bertz CT molecular complexity index is 949. The molecule has 0 spiro atoms. The summed E-state index contributed by atoms with van der Waals surface area (Å²) < 4.78 is 1.62. The number of nitrogens with zero attached hydrogens (tertiary/aromatic N) is 2. The Balaban J connectivity index is 1.96. The van der Waals surface area contributed by atoms with E-state index < -0.39 is 0 Å². The summed E-state index contributed by atoms with van der Waals surface area (Å²) in [4.78, 5) is 25.3. The molecule has 0 atom stereocenters. The Labute approximate surface area is 150 Å². The summed E-state index contributed by atoms with van der Waals surface area (Å²) >= 11 is 6.05. The van der Waals surface area contributed by atoms with Gasteiger partial charge >= 0.3 is 0 Å². The standard InChI is InChI=1S/C19H16ClN3O2/c1-12-16(11-21-23(12)2)19(25)22-17-9-8-14(20)10-15(17)18(24)13-6-4-3-5-7-13/h3-11H,1-2H3,(H,22,25). The van der Waals surface area contributed by atoms with Crippen molar-refractivity contribution in [3.63, 3.8) is 0 Å². The monoisotopic (exact) mass is 353 g/mol. The van der Waals surface area contributed by atoms with E-state index in [2.05, 4.69) is 10.4 Å². The third kappa shape index (κ3) is 3.46. The largest absolute Gasteiger partial charge is 0.321 e. The zero-order valence-corrected chi connectivity index (χ0v) is 14.5. The fourth-order valence-electron chi connectivity index (χ4n) is 2.47. The van der Waals surface area contributed by atoms with Gasteiger partial charge in [-0.15, -0.1) is 0 Å². The van der Waals surface area contributed by atoms with Gasteiger partial charge in [0.15, 0.2) is 5.78 Å². The summed E-state index contributed by atoms with van der Waals surface area (Å²) in [5.74, 6) is -0.531. The maximum atomic E-state index is 12.8. The molecule has 0 aliphatic rings. The molecule has 0 unspecified atom stereocenters. The van der Waals surface area contributed by atoms with Crippen LogP contribution in [-0.2, 0) is 7.05 Å². The highest BCUT2D eigenvalue weighted by molar-refractivity contribution is 6.31. The lowest BCUT2D eigenvalue weighted by Gasteiger charge is -2.11. The van der Waals surface area contributed by atoms with Crippen molar-refractivity contribution in [3.05, 3.63) is 82.1 Å². The Morgan fingerprint density at radius 3 is 2.44 bits per heavy atom. The molecule has 6 heteroatoms. The summed E-state index contributed by atoms with van der Waals surface area (Å²) in [7, 11) is 1.76. The number of aromatic nitrogens is 2. The molecule has 0 radical (unpaired) electrons. The number of hydrogen-bond acceptors (Lipinski definition) is 3. The lowest BCUT2D eigenvalue weighted by atomic mass is 10.0. The summed E-state index contributed by atoms with van der Waals surface area (Å²) in [6, 6.07) is 13.7. The number of nitrogens with one attached hydrogen (secondary N) is 1. The van der Waals surface area contributed by atoms with E-state index in [1.54, 1.807) is 61.1 Å².